The second-order valence-corrected chi connectivity index (χ2v) is 8.87. The summed E-state index contributed by atoms with van der Waals surface area (Å²) < 4.78 is 43.3. The first-order valence-corrected chi connectivity index (χ1v) is 10.4. The summed E-state index contributed by atoms with van der Waals surface area (Å²) in [7, 11) is 0. The number of carbonyl (C=O) groups excluding carboxylic acids is 1. The van der Waals surface area contributed by atoms with E-state index >= 15 is 0 Å². The number of carbonyl (C=O) groups is 2. The zero-order chi connectivity index (χ0) is 22.7. The molecule has 9 heteroatoms. The van der Waals surface area contributed by atoms with E-state index in [0.29, 0.717) is 54.5 Å². The monoisotopic (exact) mass is 446 g/mol. The average molecular weight is 446 g/mol. The normalized spacial score (nSPS) is 26.2. The van der Waals surface area contributed by atoms with E-state index in [1.807, 2.05) is 0 Å². The number of hydrogen-bond acceptors (Lipinski definition) is 4. The summed E-state index contributed by atoms with van der Waals surface area (Å²) >= 11 is 0. The van der Waals surface area contributed by atoms with Crippen molar-refractivity contribution in [3.8, 4) is 16.9 Å². The average Bonchev–Trinajstić information content (AvgIpc) is 3.32. The largest absolute Gasteiger partial charge is 0.481 e. The van der Waals surface area contributed by atoms with Gasteiger partial charge in [0.1, 0.15) is 11.6 Å². The Labute approximate surface area is 182 Å². The van der Waals surface area contributed by atoms with Gasteiger partial charge >= 0.3 is 12.6 Å². The molecule has 0 atom stereocenters. The molecule has 0 spiro atoms. The number of benzene rings is 2. The highest BCUT2D eigenvalue weighted by Crippen LogP contribution is 2.59. The van der Waals surface area contributed by atoms with Gasteiger partial charge in [-0.25, -0.2) is 4.39 Å². The van der Waals surface area contributed by atoms with Crippen LogP contribution in [0.5, 0.6) is 5.75 Å². The summed E-state index contributed by atoms with van der Waals surface area (Å²) in [6, 6.07) is 8.33. The van der Waals surface area contributed by atoms with Gasteiger partial charge < -0.3 is 20.1 Å². The van der Waals surface area contributed by atoms with Crippen LogP contribution in [0.1, 0.15) is 42.5 Å². The van der Waals surface area contributed by atoms with Crippen LogP contribution in [0.2, 0.25) is 0 Å². The van der Waals surface area contributed by atoms with Gasteiger partial charge in [0.15, 0.2) is 0 Å². The topological polar surface area (TPSA) is 78.9 Å². The van der Waals surface area contributed by atoms with Crippen LogP contribution in [0.15, 0.2) is 36.4 Å². The van der Waals surface area contributed by atoms with Crippen LogP contribution >= 0.6 is 0 Å². The van der Waals surface area contributed by atoms with Crippen LogP contribution in [-0.2, 0) is 4.79 Å². The summed E-state index contributed by atoms with van der Waals surface area (Å²) in [6.07, 6.45) is 2.93. The molecule has 2 aromatic rings. The molecular formula is C23H21F3N2O4. The van der Waals surface area contributed by atoms with Crippen molar-refractivity contribution >= 4 is 17.6 Å². The van der Waals surface area contributed by atoms with Crippen molar-refractivity contribution in [2.75, 3.05) is 12.0 Å². The Bertz CT molecular complexity index is 1110. The molecule has 2 N–H and O–H groups in total. The molecule has 1 aliphatic heterocycles. The van der Waals surface area contributed by atoms with E-state index in [-0.39, 0.29) is 18.3 Å². The molecule has 2 bridgehead atoms. The third-order valence-electron chi connectivity index (χ3n) is 7.18. The number of carboxylic acids is 1. The molecule has 2 saturated carbocycles. The summed E-state index contributed by atoms with van der Waals surface area (Å²) in [6.45, 7) is -2.82. The van der Waals surface area contributed by atoms with E-state index in [0.717, 1.165) is 6.07 Å². The molecule has 0 aromatic heterocycles. The first kappa shape index (κ1) is 20.7. The maximum Gasteiger partial charge on any atom is 0.387 e. The van der Waals surface area contributed by atoms with E-state index in [2.05, 4.69) is 10.1 Å². The van der Waals surface area contributed by atoms with Crippen molar-refractivity contribution in [1.82, 2.24) is 4.90 Å². The summed E-state index contributed by atoms with van der Waals surface area (Å²) in [5.41, 5.74) is 0.691. The van der Waals surface area contributed by atoms with Gasteiger partial charge in [0.25, 0.3) is 5.91 Å². The molecule has 2 fully saturated rings. The van der Waals surface area contributed by atoms with Crippen LogP contribution < -0.4 is 10.1 Å². The van der Waals surface area contributed by atoms with Gasteiger partial charge in [-0.2, -0.15) is 8.78 Å². The number of fused-ring (bicyclic) bond motifs is 3. The highest BCUT2D eigenvalue weighted by Gasteiger charge is 2.61. The Kier molecular flexibility index (Phi) is 4.61. The minimum atomic E-state index is -3.07. The predicted octanol–water partition coefficient (Wildman–Crippen LogP) is 4.71. The molecule has 5 rings (SSSR count). The maximum absolute atomic E-state index is 13.9. The highest BCUT2D eigenvalue weighted by molar-refractivity contribution is 6.02. The van der Waals surface area contributed by atoms with Gasteiger partial charge in [-0.05, 0) is 67.5 Å². The van der Waals surface area contributed by atoms with Crippen LogP contribution in [0, 0.1) is 11.2 Å². The minimum absolute atomic E-state index is 0.172. The standard InChI is InChI=1S/C23H21F3N2O4/c24-15-7-14(8-16(10-15)32-21(25)26)13-1-2-17-18(9-13)27-12-28(19(17)29)23-5-3-22(11-23,4-6-23)20(30)31/h1-2,7-10,21,27H,3-6,11-12H2,(H,30,31). The third-order valence-corrected chi connectivity index (χ3v) is 7.18. The van der Waals surface area contributed by atoms with Gasteiger partial charge in [0.2, 0.25) is 0 Å². The van der Waals surface area contributed by atoms with E-state index in [9.17, 15) is 27.9 Å². The highest BCUT2D eigenvalue weighted by atomic mass is 19.3. The lowest BCUT2D eigenvalue weighted by molar-refractivity contribution is -0.148. The molecule has 3 aliphatic rings. The molecule has 168 valence electrons. The van der Waals surface area contributed by atoms with Gasteiger partial charge in [-0.3, -0.25) is 9.59 Å². The number of anilines is 1. The fourth-order valence-corrected chi connectivity index (χ4v) is 5.55. The Balaban J connectivity index is 1.42. The number of rotatable bonds is 5. The lowest BCUT2D eigenvalue weighted by Gasteiger charge is -2.43. The third kappa shape index (κ3) is 3.18. The second kappa shape index (κ2) is 7.15. The van der Waals surface area contributed by atoms with Crippen molar-refractivity contribution in [2.24, 2.45) is 5.41 Å². The van der Waals surface area contributed by atoms with Crippen LogP contribution in [0.25, 0.3) is 11.1 Å². The van der Waals surface area contributed by atoms with Crippen LogP contribution in [0.3, 0.4) is 0 Å². The molecule has 0 unspecified atom stereocenters. The number of hydrogen-bond donors (Lipinski definition) is 2. The van der Waals surface area contributed by atoms with E-state index in [1.165, 1.54) is 12.1 Å². The summed E-state index contributed by atoms with van der Waals surface area (Å²) in [5, 5.41) is 12.9. The lowest BCUT2D eigenvalue weighted by Crippen LogP contribution is -2.53. The fraction of sp³-hybridized carbons (Fsp3) is 0.391. The number of nitrogens with zero attached hydrogens (tertiary/aromatic N) is 1. The van der Waals surface area contributed by atoms with E-state index < -0.39 is 29.4 Å². The second-order valence-electron chi connectivity index (χ2n) is 8.87. The van der Waals surface area contributed by atoms with Gasteiger partial charge in [0, 0.05) is 17.3 Å². The number of nitrogens with one attached hydrogen (secondary N) is 1. The Morgan fingerprint density at radius 2 is 1.84 bits per heavy atom. The van der Waals surface area contributed by atoms with E-state index in [1.54, 1.807) is 23.1 Å². The van der Waals surface area contributed by atoms with Crippen LogP contribution in [0.4, 0.5) is 18.9 Å². The molecule has 0 radical (unpaired) electrons. The first-order valence-electron chi connectivity index (χ1n) is 10.4. The Hall–Kier alpha value is -3.23. The SMILES string of the molecule is O=C1c2ccc(-c3cc(F)cc(OC(F)F)c3)cc2NCN1C12CCC(C(=O)O)(CC1)C2. The smallest absolute Gasteiger partial charge is 0.387 e. The molecule has 2 aliphatic carbocycles. The maximum atomic E-state index is 13.9. The van der Waals surface area contributed by atoms with Crippen molar-refractivity contribution in [2.45, 2.75) is 44.3 Å². The molecule has 0 saturated heterocycles. The van der Waals surface area contributed by atoms with Gasteiger partial charge in [0.05, 0.1) is 17.6 Å². The Morgan fingerprint density at radius 3 is 2.50 bits per heavy atom. The molecule has 1 amide bonds. The van der Waals surface area contributed by atoms with Crippen LogP contribution in [-0.4, -0.2) is 40.7 Å². The molecule has 32 heavy (non-hydrogen) atoms. The molecule has 2 aromatic carbocycles. The number of aliphatic carboxylic acids is 1. The number of alkyl halides is 2. The number of halogens is 3. The lowest BCUT2D eigenvalue weighted by atomic mass is 9.84. The van der Waals surface area contributed by atoms with Crippen molar-refractivity contribution in [3.05, 3.63) is 47.8 Å². The quantitative estimate of drug-likeness (QED) is 0.696. The first-order chi connectivity index (χ1) is 15.2. The van der Waals surface area contributed by atoms with E-state index in [4.69, 9.17) is 0 Å². The molecule has 1 heterocycles. The number of ether oxygens (including phenoxy) is 1. The summed E-state index contributed by atoms with van der Waals surface area (Å²) in [5.74, 6) is -1.96. The Morgan fingerprint density at radius 1 is 1.09 bits per heavy atom. The molecule has 6 nitrogen and oxygen atoms in total. The van der Waals surface area contributed by atoms with Gasteiger partial charge in [-0.15, -0.1) is 0 Å². The number of carboxylic acid groups (broad SMARTS) is 1. The minimum Gasteiger partial charge on any atom is -0.481 e. The summed E-state index contributed by atoms with van der Waals surface area (Å²) in [4.78, 5) is 26.8. The molecular weight excluding hydrogens is 425 g/mol. The fourth-order valence-electron chi connectivity index (χ4n) is 5.55. The zero-order valence-electron chi connectivity index (χ0n) is 17.0. The number of amides is 1. The van der Waals surface area contributed by atoms with Gasteiger partial charge in [-0.1, -0.05) is 6.07 Å². The van der Waals surface area contributed by atoms with Crippen molar-refractivity contribution in [1.29, 1.82) is 0 Å². The van der Waals surface area contributed by atoms with Crippen molar-refractivity contribution < 1.29 is 32.6 Å². The van der Waals surface area contributed by atoms with Crippen molar-refractivity contribution in [3.63, 3.8) is 0 Å². The predicted molar refractivity (Wildman–Crippen MR) is 109 cm³/mol. The zero-order valence-corrected chi connectivity index (χ0v) is 17.0.